The Morgan fingerprint density at radius 2 is 2.10 bits per heavy atom. The molecule has 0 aromatic heterocycles. The van der Waals surface area contributed by atoms with Gasteiger partial charge in [-0.2, -0.15) is 0 Å². The first kappa shape index (κ1) is 5.93. The minimum atomic E-state index is -0.0450. The van der Waals surface area contributed by atoms with Gasteiger partial charge >= 0.3 is 0 Å². The summed E-state index contributed by atoms with van der Waals surface area (Å²) in [7, 11) is 0. The summed E-state index contributed by atoms with van der Waals surface area (Å²) in [6.07, 6.45) is 1.03. The molecule has 1 atom stereocenters. The van der Waals surface area contributed by atoms with Gasteiger partial charge in [-0.05, 0) is 24.5 Å². The molecule has 1 aliphatic rings. The van der Waals surface area contributed by atoms with Gasteiger partial charge in [0.25, 0.3) is 0 Å². The van der Waals surface area contributed by atoms with Gasteiger partial charge in [0.1, 0.15) is 0 Å². The number of benzene rings is 1. The van der Waals surface area contributed by atoms with Crippen LogP contribution in [-0.4, -0.2) is 0 Å². The highest BCUT2D eigenvalue weighted by Crippen LogP contribution is 2.35. The lowest BCUT2D eigenvalue weighted by Gasteiger charge is -2.37. The Morgan fingerprint density at radius 1 is 1.40 bits per heavy atom. The molecule has 0 saturated heterocycles. The van der Waals surface area contributed by atoms with Crippen molar-refractivity contribution in [2.24, 2.45) is 5.73 Å². The molecule has 0 spiro atoms. The van der Waals surface area contributed by atoms with Crippen molar-refractivity contribution >= 4 is 0 Å². The molecule has 0 saturated carbocycles. The fraction of sp³-hybridized carbons (Fsp3) is 0.333. The molecule has 0 bridgehead atoms. The first-order valence-electron chi connectivity index (χ1n) is 3.57. The van der Waals surface area contributed by atoms with Crippen molar-refractivity contribution in [2.45, 2.75) is 18.9 Å². The van der Waals surface area contributed by atoms with Gasteiger partial charge in [0.05, 0.1) is 0 Å². The first-order valence-corrected chi connectivity index (χ1v) is 3.57. The van der Waals surface area contributed by atoms with Crippen LogP contribution < -0.4 is 5.73 Å². The van der Waals surface area contributed by atoms with Crippen molar-refractivity contribution in [1.82, 2.24) is 0 Å². The lowest BCUT2D eigenvalue weighted by Crippen LogP contribution is -2.44. The van der Waals surface area contributed by atoms with E-state index in [1.807, 2.05) is 6.07 Å². The summed E-state index contributed by atoms with van der Waals surface area (Å²) in [4.78, 5) is 0. The quantitative estimate of drug-likeness (QED) is 0.569. The largest absolute Gasteiger partial charge is 0.321 e. The summed E-state index contributed by atoms with van der Waals surface area (Å²) >= 11 is 0. The molecule has 1 nitrogen and oxygen atoms in total. The van der Waals surface area contributed by atoms with E-state index in [9.17, 15) is 0 Å². The zero-order valence-electron chi connectivity index (χ0n) is 6.09. The van der Waals surface area contributed by atoms with E-state index in [1.165, 1.54) is 11.1 Å². The monoisotopic (exact) mass is 133 g/mol. The van der Waals surface area contributed by atoms with Gasteiger partial charge in [-0.25, -0.2) is 0 Å². The summed E-state index contributed by atoms with van der Waals surface area (Å²) in [6.45, 7) is 2.08. The second-order valence-electron chi connectivity index (χ2n) is 3.25. The molecule has 1 aromatic carbocycles. The molecular formula is C9H11N. The van der Waals surface area contributed by atoms with Gasteiger partial charge in [0, 0.05) is 5.54 Å². The van der Waals surface area contributed by atoms with Gasteiger partial charge in [0.2, 0.25) is 0 Å². The van der Waals surface area contributed by atoms with Crippen LogP contribution in [0.15, 0.2) is 24.3 Å². The van der Waals surface area contributed by atoms with Crippen molar-refractivity contribution in [1.29, 1.82) is 0 Å². The van der Waals surface area contributed by atoms with E-state index in [-0.39, 0.29) is 5.54 Å². The van der Waals surface area contributed by atoms with E-state index in [0.717, 1.165) is 6.42 Å². The van der Waals surface area contributed by atoms with Crippen molar-refractivity contribution in [3.63, 3.8) is 0 Å². The van der Waals surface area contributed by atoms with E-state index in [0.29, 0.717) is 0 Å². The highest BCUT2D eigenvalue weighted by molar-refractivity contribution is 5.42. The van der Waals surface area contributed by atoms with Crippen LogP contribution in [0.5, 0.6) is 0 Å². The molecule has 0 fully saturated rings. The summed E-state index contributed by atoms with van der Waals surface area (Å²) < 4.78 is 0. The normalized spacial score (nSPS) is 29.0. The number of hydrogen-bond acceptors (Lipinski definition) is 1. The minimum Gasteiger partial charge on any atom is -0.321 e. The van der Waals surface area contributed by atoms with Crippen LogP contribution in [-0.2, 0) is 12.0 Å². The number of rotatable bonds is 0. The van der Waals surface area contributed by atoms with E-state index < -0.39 is 0 Å². The zero-order valence-corrected chi connectivity index (χ0v) is 6.09. The Balaban J connectivity index is 2.53. The first-order chi connectivity index (χ1) is 4.70. The van der Waals surface area contributed by atoms with Gasteiger partial charge < -0.3 is 5.73 Å². The van der Waals surface area contributed by atoms with Crippen LogP contribution in [0.1, 0.15) is 18.1 Å². The van der Waals surface area contributed by atoms with Crippen molar-refractivity contribution in [2.75, 3.05) is 0 Å². The molecule has 1 heteroatoms. The zero-order chi connectivity index (χ0) is 7.19. The Bertz CT molecular complexity index is 263. The van der Waals surface area contributed by atoms with Crippen molar-refractivity contribution in [3.05, 3.63) is 35.4 Å². The number of hydrogen-bond donors (Lipinski definition) is 1. The van der Waals surface area contributed by atoms with E-state index in [1.54, 1.807) is 0 Å². The third kappa shape index (κ3) is 0.611. The third-order valence-corrected chi connectivity index (χ3v) is 2.19. The van der Waals surface area contributed by atoms with Crippen LogP contribution in [0.2, 0.25) is 0 Å². The molecule has 10 heavy (non-hydrogen) atoms. The second kappa shape index (κ2) is 1.61. The maximum atomic E-state index is 5.93. The number of nitrogens with two attached hydrogens (primary N) is 1. The Hall–Kier alpha value is -0.820. The Labute approximate surface area is 60.9 Å². The predicted molar refractivity (Wildman–Crippen MR) is 41.7 cm³/mol. The average Bonchev–Trinajstić information content (AvgIpc) is 1.86. The maximum absolute atomic E-state index is 5.93. The molecule has 0 unspecified atom stereocenters. The summed E-state index contributed by atoms with van der Waals surface area (Å²) in [5, 5.41) is 0. The molecule has 2 N–H and O–H groups in total. The van der Waals surface area contributed by atoms with Gasteiger partial charge in [-0.1, -0.05) is 24.3 Å². The maximum Gasteiger partial charge on any atom is 0.0424 e. The topological polar surface area (TPSA) is 26.0 Å². The molecule has 1 aliphatic carbocycles. The molecule has 52 valence electrons. The molecule has 1 aromatic rings. The summed E-state index contributed by atoms with van der Waals surface area (Å²) in [6, 6.07) is 8.36. The lowest BCUT2D eigenvalue weighted by molar-refractivity contribution is 0.428. The molecule has 0 heterocycles. The van der Waals surface area contributed by atoms with Gasteiger partial charge in [-0.15, -0.1) is 0 Å². The van der Waals surface area contributed by atoms with E-state index >= 15 is 0 Å². The highest BCUT2D eigenvalue weighted by Gasteiger charge is 2.33. The Kier molecular flexibility index (Phi) is 0.955. The molecule has 2 rings (SSSR count). The van der Waals surface area contributed by atoms with Gasteiger partial charge in [0.15, 0.2) is 0 Å². The lowest BCUT2D eigenvalue weighted by atomic mass is 9.73. The molecule has 0 aliphatic heterocycles. The summed E-state index contributed by atoms with van der Waals surface area (Å²) in [5.41, 5.74) is 8.61. The highest BCUT2D eigenvalue weighted by atomic mass is 14.8. The predicted octanol–water partition coefficient (Wildman–Crippen LogP) is 1.42. The van der Waals surface area contributed by atoms with Crippen LogP contribution in [0, 0.1) is 0 Å². The van der Waals surface area contributed by atoms with Crippen molar-refractivity contribution in [3.8, 4) is 0 Å². The van der Waals surface area contributed by atoms with Gasteiger partial charge in [-0.3, -0.25) is 0 Å². The summed E-state index contributed by atoms with van der Waals surface area (Å²) in [5.74, 6) is 0. The Morgan fingerprint density at radius 3 is 2.60 bits per heavy atom. The average molecular weight is 133 g/mol. The fourth-order valence-corrected chi connectivity index (χ4v) is 1.62. The van der Waals surface area contributed by atoms with Crippen LogP contribution in [0.4, 0.5) is 0 Å². The van der Waals surface area contributed by atoms with Crippen LogP contribution >= 0.6 is 0 Å². The van der Waals surface area contributed by atoms with Crippen LogP contribution in [0.25, 0.3) is 0 Å². The third-order valence-electron chi connectivity index (χ3n) is 2.19. The SMILES string of the molecule is C[C@]1(N)Cc2ccccc21. The standard InChI is InChI=1S/C9H11N/c1-9(10)6-7-4-2-3-5-8(7)9/h2-5H,6,10H2,1H3/t9-/m0/s1. The van der Waals surface area contributed by atoms with Crippen molar-refractivity contribution < 1.29 is 0 Å². The second-order valence-corrected chi connectivity index (χ2v) is 3.25. The van der Waals surface area contributed by atoms with E-state index in [2.05, 4.69) is 25.1 Å². The number of fused-ring (bicyclic) bond motifs is 1. The molecule has 0 radical (unpaired) electrons. The smallest absolute Gasteiger partial charge is 0.0424 e. The molecule has 0 amide bonds. The van der Waals surface area contributed by atoms with E-state index in [4.69, 9.17) is 5.73 Å². The minimum absolute atomic E-state index is 0.0450. The molecular weight excluding hydrogens is 122 g/mol. The van der Waals surface area contributed by atoms with Crippen LogP contribution in [0.3, 0.4) is 0 Å². The fourth-order valence-electron chi connectivity index (χ4n) is 1.62.